The molecule has 0 aliphatic heterocycles. The summed E-state index contributed by atoms with van der Waals surface area (Å²) in [6.45, 7) is 5.67. The predicted molar refractivity (Wildman–Crippen MR) is 39.9 cm³/mol. The first-order chi connectivity index (χ1) is 4.39. The lowest BCUT2D eigenvalue weighted by Crippen LogP contribution is -2.44. The summed E-state index contributed by atoms with van der Waals surface area (Å²) >= 11 is 0. The topological polar surface area (TPSA) is 49.3 Å². The maximum absolute atomic E-state index is 10.5. The van der Waals surface area contributed by atoms with Crippen LogP contribution >= 0.6 is 0 Å². The molecule has 0 fully saturated rings. The maximum atomic E-state index is 10.5. The summed E-state index contributed by atoms with van der Waals surface area (Å²) in [4.78, 5) is 10.5. The van der Waals surface area contributed by atoms with E-state index in [4.69, 9.17) is 5.11 Å². The Bertz CT molecular complexity index is 126. The average Bonchev–Trinajstić information content (AvgIpc) is 1.60. The van der Waals surface area contributed by atoms with Crippen LogP contribution in [0.1, 0.15) is 20.8 Å². The van der Waals surface area contributed by atoms with Crippen LogP contribution in [0.15, 0.2) is 0 Å². The van der Waals surface area contributed by atoms with Crippen molar-refractivity contribution in [1.29, 1.82) is 0 Å². The predicted octanol–water partition coefficient (Wildman–Crippen LogP) is 0.705. The molecule has 0 rings (SSSR count). The molecule has 0 aromatic heterocycles. The number of hydrogen-bond donors (Lipinski definition) is 2. The Hall–Kier alpha value is -0.570. The van der Waals surface area contributed by atoms with Gasteiger partial charge in [-0.15, -0.1) is 0 Å². The monoisotopic (exact) mass is 145 g/mol. The van der Waals surface area contributed by atoms with Crippen LogP contribution in [0.5, 0.6) is 0 Å². The van der Waals surface area contributed by atoms with Gasteiger partial charge in [0.15, 0.2) is 0 Å². The smallest absolute Gasteiger partial charge is 0.321 e. The number of carbonyl (C=O) groups is 1. The van der Waals surface area contributed by atoms with Gasteiger partial charge in [-0.05, 0) is 12.5 Å². The zero-order valence-corrected chi connectivity index (χ0v) is 6.93. The molecule has 3 nitrogen and oxygen atoms in total. The van der Waals surface area contributed by atoms with E-state index in [2.05, 4.69) is 5.32 Å². The van der Waals surface area contributed by atoms with E-state index in [0.29, 0.717) is 0 Å². The summed E-state index contributed by atoms with van der Waals surface area (Å²) in [6.07, 6.45) is 0. The lowest BCUT2D eigenvalue weighted by molar-refractivity contribution is -0.142. The van der Waals surface area contributed by atoms with Gasteiger partial charge in [-0.25, -0.2) is 0 Å². The second-order valence-corrected chi connectivity index (χ2v) is 3.43. The maximum Gasteiger partial charge on any atom is 0.321 e. The van der Waals surface area contributed by atoms with Crippen molar-refractivity contribution >= 4 is 5.97 Å². The minimum absolute atomic E-state index is 0.222. The Morgan fingerprint density at radius 1 is 1.50 bits per heavy atom. The van der Waals surface area contributed by atoms with E-state index in [0.717, 1.165) is 0 Å². The van der Waals surface area contributed by atoms with Gasteiger partial charge in [0.2, 0.25) is 0 Å². The van der Waals surface area contributed by atoms with Crippen LogP contribution in [0.3, 0.4) is 0 Å². The Labute approximate surface area is 61.4 Å². The minimum atomic E-state index is -0.796. The summed E-state index contributed by atoms with van der Waals surface area (Å²) in [5, 5.41) is 11.4. The van der Waals surface area contributed by atoms with Crippen LogP contribution in [0.4, 0.5) is 0 Å². The molecule has 0 aromatic carbocycles. The van der Waals surface area contributed by atoms with Crippen molar-refractivity contribution in [2.75, 3.05) is 7.05 Å². The largest absolute Gasteiger partial charge is 0.480 e. The van der Waals surface area contributed by atoms with Crippen molar-refractivity contribution in [1.82, 2.24) is 5.32 Å². The summed E-state index contributed by atoms with van der Waals surface area (Å²) in [5.41, 5.74) is -0.222. The van der Waals surface area contributed by atoms with Crippen LogP contribution in [0.25, 0.3) is 0 Å². The first kappa shape index (κ1) is 9.43. The van der Waals surface area contributed by atoms with Crippen molar-refractivity contribution in [2.45, 2.75) is 26.8 Å². The second-order valence-electron chi connectivity index (χ2n) is 3.43. The molecule has 0 aromatic rings. The molecule has 2 N–H and O–H groups in total. The first-order valence-electron chi connectivity index (χ1n) is 3.29. The highest BCUT2D eigenvalue weighted by atomic mass is 16.4. The Morgan fingerprint density at radius 3 is 1.90 bits per heavy atom. The molecule has 60 valence electrons. The van der Waals surface area contributed by atoms with Crippen molar-refractivity contribution in [2.24, 2.45) is 5.41 Å². The quantitative estimate of drug-likeness (QED) is 0.601. The van der Waals surface area contributed by atoms with E-state index in [1.165, 1.54) is 0 Å². The fraction of sp³-hybridized carbons (Fsp3) is 0.857. The van der Waals surface area contributed by atoms with Gasteiger partial charge in [-0.3, -0.25) is 4.79 Å². The number of nitrogens with one attached hydrogen (secondary N) is 1. The number of carboxylic acid groups (broad SMARTS) is 1. The van der Waals surface area contributed by atoms with E-state index < -0.39 is 12.0 Å². The molecule has 0 amide bonds. The molecule has 0 radical (unpaired) electrons. The van der Waals surface area contributed by atoms with Gasteiger partial charge >= 0.3 is 5.97 Å². The zero-order chi connectivity index (χ0) is 8.36. The molecule has 0 spiro atoms. The van der Waals surface area contributed by atoms with Gasteiger partial charge in [0.25, 0.3) is 0 Å². The Morgan fingerprint density at radius 2 is 1.90 bits per heavy atom. The van der Waals surface area contributed by atoms with E-state index in [1.807, 2.05) is 20.8 Å². The fourth-order valence-corrected chi connectivity index (χ4v) is 0.927. The summed E-state index contributed by atoms with van der Waals surface area (Å²) in [7, 11) is 1.66. The molecular formula is C7H15NO2. The van der Waals surface area contributed by atoms with E-state index in [1.54, 1.807) is 7.05 Å². The number of likely N-dealkylation sites (N-methyl/N-ethyl adjacent to an activating group) is 1. The molecule has 0 saturated carbocycles. The van der Waals surface area contributed by atoms with Gasteiger partial charge in [0, 0.05) is 0 Å². The normalized spacial score (nSPS) is 14.8. The zero-order valence-electron chi connectivity index (χ0n) is 6.93. The van der Waals surface area contributed by atoms with Crippen LogP contribution in [0.2, 0.25) is 0 Å². The van der Waals surface area contributed by atoms with Crippen LogP contribution in [0, 0.1) is 5.41 Å². The lowest BCUT2D eigenvalue weighted by Gasteiger charge is -2.26. The fourth-order valence-electron chi connectivity index (χ4n) is 0.927. The number of aliphatic carboxylic acids is 1. The van der Waals surface area contributed by atoms with Gasteiger partial charge in [-0.2, -0.15) is 0 Å². The molecule has 0 heterocycles. The second kappa shape index (κ2) is 3.01. The third-order valence-electron chi connectivity index (χ3n) is 1.40. The van der Waals surface area contributed by atoms with Crippen LogP contribution in [-0.4, -0.2) is 24.2 Å². The minimum Gasteiger partial charge on any atom is -0.480 e. The number of rotatable bonds is 2. The molecule has 3 heteroatoms. The van der Waals surface area contributed by atoms with Crippen molar-refractivity contribution in [3.8, 4) is 0 Å². The van der Waals surface area contributed by atoms with E-state index in [9.17, 15) is 4.79 Å². The average molecular weight is 145 g/mol. The molecule has 0 aliphatic carbocycles. The highest BCUT2D eigenvalue weighted by Gasteiger charge is 2.28. The highest BCUT2D eigenvalue weighted by Crippen LogP contribution is 2.18. The SMILES string of the molecule is CN[C@@H](C(=O)O)C(C)(C)C. The van der Waals surface area contributed by atoms with Crippen LogP contribution in [-0.2, 0) is 4.79 Å². The van der Waals surface area contributed by atoms with Gasteiger partial charge < -0.3 is 10.4 Å². The Kier molecular flexibility index (Phi) is 2.84. The van der Waals surface area contributed by atoms with Gasteiger partial charge in [0.1, 0.15) is 6.04 Å². The molecule has 0 unspecified atom stereocenters. The van der Waals surface area contributed by atoms with Crippen molar-refractivity contribution in [3.63, 3.8) is 0 Å². The highest BCUT2D eigenvalue weighted by molar-refractivity contribution is 5.74. The molecule has 0 bridgehead atoms. The number of hydrogen-bond acceptors (Lipinski definition) is 2. The lowest BCUT2D eigenvalue weighted by atomic mass is 9.87. The molecule has 10 heavy (non-hydrogen) atoms. The van der Waals surface area contributed by atoms with Crippen molar-refractivity contribution < 1.29 is 9.90 Å². The molecular weight excluding hydrogens is 130 g/mol. The third kappa shape index (κ3) is 2.35. The summed E-state index contributed by atoms with van der Waals surface area (Å²) < 4.78 is 0. The summed E-state index contributed by atoms with van der Waals surface area (Å²) in [6, 6.07) is -0.465. The van der Waals surface area contributed by atoms with Gasteiger partial charge in [-0.1, -0.05) is 20.8 Å². The van der Waals surface area contributed by atoms with E-state index >= 15 is 0 Å². The number of carboxylic acids is 1. The molecule has 0 saturated heterocycles. The third-order valence-corrected chi connectivity index (χ3v) is 1.40. The van der Waals surface area contributed by atoms with Crippen LogP contribution < -0.4 is 5.32 Å². The molecule has 1 atom stereocenters. The standard InChI is InChI=1S/C7H15NO2/c1-7(2,3)5(8-4)6(9)10/h5,8H,1-4H3,(H,9,10)/t5-/m0/s1. The molecule has 0 aliphatic rings. The van der Waals surface area contributed by atoms with Gasteiger partial charge in [0.05, 0.1) is 0 Å². The first-order valence-corrected chi connectivity index (χ1v) is 3.29. The van der Waals surface area contributed by atoms with Crippen molar-refractivity contribution in [3.05, 3.63) is 0 Å². The Balaban J connectivity index is 4.22. The van der Waals surface area contributed by atoms with E-state index in [-0.39, 0.29) is 5.41 Å². The summed E-state index contributed by atoms with van der Waals surface area (Å²) in [5.74, 6) is -0.796.